The van der Waals surface area contributed by atoms with Gasteiger partial charge in [0.25, 0.3) is 0 Å². The molecule has 0 amide bonds. The van der Waals surface area contributed by atoms with Gasteiger partial charge in [-0.15, -0.1) is 11.3 Å². The first-order chi connectivity index (χ1) is 12.7. The molecule has 0 aromatic carbocycles. The van der Waals surface area contributed by atoms with Crippen molar-refractivity contribution >= 4 is 17.3 Å². The standard InChI is InChI=1S/C20H28N4OS/c1-16-4-5-18(26-16)13-23-10-6-20(7-11-23)12-17(14-25-2)24(15-20)19-21-8-3-9-22-19/h3-5,8-9,17H,6-7,10-15H2,1-2H3/t17-/m0/s1. The molecular weight excluding hydrogens is 344 g/mol. The molecule has 26 heavy (non-hydrogen) atoms. The highest BCUT2D eigenvalue weighted by Gasteiger charge is 2.46. The van der Waals surface area contributed by atoms with Crippen molar-refractivity contribution in [3.8, 4) is 0 Å². The van der Waals surface area contributed by atoms with Crippen LogP contribution in [0.2, 0.25) is 0 Å². The topological polar surface area (TPSA) is 41.5 Å². The highest BCUT2D eigenvalue weighted by molar-refractivity contribution is 7.11. The van der Waals surface area contributed by atoms with Gasteiger partial charge in [-0.2, -0.15) is 0 Å². The highest BCUT2D eigenvalue weighted by atomic mass is 32.1. The van der Waals surface area contributed by atoms with E-state index in [-0.39, 0.29) is 0 Å². The minimum atomic E-state index is 0.379. The zero-order valence-corrected chi connectivity index (χ0v) is 16.5. The van der Waals surface area contributed by atoms with E-state index < -0.39 is 0 Å². The molecule has 1 atom stereocenters. The molecule has 6 heteroatoms. The molecule has 0 bridgehead atoms. The van der Waals surface area contributed by atoms with Gasteiger partial charge in [-0.25, -0.2) is 9.97 Å². The molecule has 2 aliphatic heterocycles. The molecular formula is C20H28N4OS. The summed E-state index contributed by atoms with van der Waals surface area (Å²) in [6.45, 7) is 7.45. The van der Waals surface area contributed by atoms with Crippen LogP contribution in [0.1, 0.15) is 29.0 Å². The lowest BCUT2D eigenvalue weighted by Crippen LogP contribution is -2.41. The maximum Gasteiger partial charge on any atom is 0.225 e. The smallest absolute Gasteiger partial charge is 0.225 e. The van der Waals surface area contributed by atoms with Crippen LogP contribution in [0.3, 0.4) is 0 Å². The first-order valence-corrected chi connectivity index (χ1v) is 10.3. The molecule has 0 unspecified atom stereocenters. The van der Waals surface area contributed by atoms with E-state index in [1.165, 1.54) is 42.1 Å². The molecule has 0 aliphatic carbocycles. The zero-order valence-electron chi connectivity index (χ0n) is 15.7. The Morgan fingerprint density at radius 3 is 2.65 bits per heavy atom. The Hall–Kier alpha value is -1.50. The van der Waals surface area contributed by atoms with E-state index in [4.69, 9.17) is 4.74 Å². The Morgan fingerprint density at radius 1 is 1.23 bits per heavy atom. The third kappa shape index (κ3) is 3.77. The summed E-state index contributed by atoms with van der Waals surface area (Å²) in [5, 5.41) is 0. The number of aromatic nitrogens is 2. The summed E-state index contributed by atoms with van der Waals surface area (Å²) in [6.07, 6.45) is 7.36. The fourth-order valence-electron chi connectivity index (χ4n) is 4.52. The normalized spacial score (nSPS) is 23.0. The van der Waals surface area contributed by atoms with E-state index in [2.05, 4.69) is 38.8 Å². The third-order valence-corrected chi connectivity index (χ3v) is 6.86. The van der Waals surface area contributed by atoms with Crippen LogP contribution in [-0.4, -0.2) is 54.3 Å². The van der Waals surface area contributed by atoms with Crippen LogP contribution in [0.15, 0.2) is 30.6 Å². The number of rotatable bonds is 5. The number of ether oxygens (including phenoxy) is 1. The monoisotopic (exact) mass is 372 g/mol. The zero-order chi connectivity index (χ0) is 18.0. The van der Waals surface area contributed by atoms with Crippen molar-refractivity contribution < 1.29 is 4.74 Å². The van der Waals surface area contributed by atoms with Gasteiger partial charge in [-0.3, -0.25) is 4.90 Å². The van der Waals surface area contributed by atoms with Gasteiger partial charge in [0, 0.05) is 42.3 Å². The molecule has 2 aliphatic rings. The third-order valence-electron chi connectivity index (χ3n) is 5.88. The van der Waals surface area contributed by atoms with E-state index in [0.29, 0.717) is 11.5 Å². The fraction of sp³-hybridized carbons (Fsp3) is 0.600. The minimum Gasteiger partial charge on any atom is -0.383 e. The van der Waals surface area contributed by atoms with E-state index in [0.717, 1.165) is 25.6 Å². The lowest BCUT2D eigenvalue weighted by molar-refractivity contribution is 0.106. The summed E-state index contributed by atoms with van der Waals surface area (Å²) in [5.41, 5.74) is 0.379. The largest absolute Gasteiger partial charge is 0.383 e. The van der Waals surface area contributed by atoms with E-state index in [9.17, 15) is 0 Å². The van der Waals surface area contributed by atoms with E-state index in [1.54, 1.807) is 7.11 Å². The van der Waals surface area contributed by atoms with Gasteiger partial charge in [-0.1, -0.05) is 0 Å². The van der Waals surface area contributed by atoms with Crippen molar-refractivity contribution in [2.24, 2.45) is 5.41 Å². The summed E-state index contributed by atoms with van der Waals surface area (Å²) >= 11 is 1.93. The van der Waals surface area contributed by atoms with Crippen molar-refractivity contribution in [1.29, 1.82) is 0 Å². The molecule has 0 radical (unpaired) electrons. The average Bonchev–Trinajstić information content (AvgIpc) is 3.22. The van der Waals surface area contributed by atoms with Gasteiger partial charge in [-0.05, 0) is 62.9 Å². The van der Waals surface area contributed by atoms with Gasteiger partial charge in [0.05, 0.1) is 12.6 Å². The van der Waals surface area contributed by atoms with Gasteiger partial charge < -0.3 is 9.64 Å². The number of thiophene rings is 1. The summed E-state index contributed by atoms with van der Waals surface area (Å²) in [4.78, 5) is 16.9. The van der Waals surface area contributed by atoms with Crippen LogP contribution in [0.5, 0.6) is 0 Å². The molecule has 2 fully saturated rings. The van der Waals surface area contributed by atoms with Crippen LogP contribution in [0.4, 0.5) is 5.95 Å². The summed E-state index contributed by atoms with van der Waals surface area (Å²) in [5.74, 6) is 0.850. The SMILES string of the molecule is COC[C@@H]1CC2(CCN(Cc3ccc(C)s3)CC2)CN1c1ncccn1. The lowest BCUT2D eigenvalue weighted by Gasteiger charge is -2.39. The number of likely N-dealkylation sites (tertiary alicyclic amines) is 1. The van der Waals surface area contributed by atoms with E-state index in [1.807, 2.05) is 29.8 Å². The first-order valence-electron chi connectivity index (χ1n) is 9.48. The van der Waals surface area contributed by atoms with Crippen LogP contribution >= 0.6 is 11.3 Å². The molecule has 4 rings (SSSR count). The molecule has 5 nitrogen and oxygen atoms in total. The van der Waals surface area contributed by atoms with Crippen molar-refractivity contribution in [2.45, 2.75) is 38.8 Å². The van der Waals surface area contributed by atoms with Gasteiger partial charge >= 0.3 is 0 Å². The highest BCUT2D eigenvalue weighted by Crippen LogP contribution is 2.44. The second-order valence-electron chi connectivity index (χ2n) is 7.78. The molecule has 2 aromatic rings. The Bertz CT molecular complexity index is 712. The quantitative estimate of drug-likeness (QED) is 0.805. The van der Waals surface area contributed by atoms with Crippen LogP contribution in [0.25, 0.3) is 0 Å². The van der Waals surface area contributed by atoms with Crippen molar-refractivity contribution in [3.05, 3.63) is 40.3 Å². The fourth-order valence-corrected chi connectivity index (χ4v) is 5.45. The van der Waals surface area contributed by atoms with Crippen LogP contribution in [-0.2, 0) is 11.3 Å². The summed E-state index contributed by atoms with van der Waals surface area (Å²) in [6, 6.07) is 6.78. The Kier molecular flexibility index (Phi) is 5.25. The molecule has 2 aromatic heterocycles. The average molecular weight is 373 g/mol. The predicted octanol–water partition coefficient (Wildman–Crippen LogP) is 3.35. The molecule has 0 N–H and O–H groups in total. The number of piperidine rings is 1. The molecule has 1 spiro atoms. The van der Waals surface area contributed by atoms with Crippen molar-refractivity contribution in [2.75, 3.05) is 38.3 Å². The van der Waals surface area contributed by atoms with Gasteiger partial charge in [0.2, 0.25) is 5.95 Å². The Balaban J connectivity index is 1.41. The molecule has 0 saturated carbocycles. The summed E-state index contributed by atoms with van der Waals surface area (Å²) < 4.78 is 5.51. The van der Waals surface area contributed by atoms with Gasteiger partial charge in [0.15, 0.2) is 0 Å². The molecule has 2 saturated heterocycles. The minimum absolute atomic E-state index is 0.379. The Labute approximate surface area is 160 Å². The van der Waals surface area contributed by atoms with E-state index >= 15 is 0 Å². The number of aryl methyl sites for hydroxylation is 1. The number of hydrogen-bond acceptors (Lipinski definition) is 6. The molecule has 140 valence electrons. The number of nitrogens with zero attached hydrogens (tertiary/aromatic N) is 4. The van der Waals surface area contributed by atoms with Crippen molar-refractivity contribution in [1.82, 2.24) is 14.9 Å². The lowest BCUT2D eigenvalue weighted by atomic mass is 9.76. The maximum absolute atomic E-state index is 5.51. The number of methoxy groups -OCH3 is 1. The second-order valence-corrected chi connectivity index (χ2v) is 9.15. The maximum atomic E-state index is 5.51. The van der Waals surface area contributed by atoms with Crippen LogP contribution in [0, 0.1) is 12.3 Å². The first kappa shape index (κ1) is 17.9. The second kappa shape index (κ2) is 7.62. The molecule has 4 heterocycles. The summed E-state index contributed by atoms with van der Waals surface area (Å²) in [7, 11) is 1.79. The predicted molar refractivity (Wildman–Crippen MR) is 106 cm³/mol. The Morgan fingerprint density at radius 2 is 2.00 bits per heavy atom. The number of hydrogen-bond donors (Lipinski definition) is 0. The van der Waals surface area contributed by atoms with Crippen molar-refractivity contribution in [3.63, 3.8) is 0 Å². The van der Waals surface area contributed by atoms with Gasteiger partial charge in [0.1, 0.15) is 0 Å². The number of anilines is 1. The van der Waals surface area contributed by atoms with Crippen LogP contribution < -0.4 is 4.90 Å².